The van der Waals surface area contributed by atoms with Gasteiger partial charge in [-0.05, 0) is 26.0 Å². The molecule has 0 fully saturated rings. The molecule has 0 amide bonds. The Balaban J connectivity index is 2.81. The number of para-hydroxylation sites is 1. The highest BCUT2D eigenvalue weighted by molar-refractivity contribution is 5.36. The molecule has 1 aromatic carbocycles. The fourth-order valence-electron chi connectivity index (χ4n) is 1.84. The maximum atomic E-state index is 12.3. The molecule has 1 unspecified atom stereocenters. The van der Waals surface area contributed by atoms with Gasteiger partial charge in [0.25, 0.3) is 0 Å². The third-order valence-corrected chi connectivity index (χ3v) is 2.67. The van der Waals surface area contributed by atoms with Crippen molar-refractivity contribution in [2.75, 3.05) is 7.05 Å². The minimum Gasteiger partial charge on any atom is -0.434 e. The second kappa shape index (κ2) is 7.67. The summed E-state index contributed by atoms with van der Waals surface area (Å²) in [4.78, 5) is 0. The topological polar surface area (TPSA) is 21.3 Å². The van der Waals surface area contributed by atoms with Gasteiger partial charge < -0.3 is 10.1 Å². The second-order valence-electron chi connectivity index (χ2n) is 3.85. The summed E-state index contributed by atoms with van der Waals surface area (Å²) in [6.45, 7) is -2.81. The van der Waals surface area contributed by atoms with Crippen LogP contribution in [0.5, 0.6) is 5.75 Å². The van der Waals surface area contributed by atoms with Crippen molar-refractivity contribution in [3.63, 3.8) is 0 Å². The molecule has 18 heavy (non-hydrogen) atoms. The first-order chi connectivity index (χ1) is 8.69. The van der Waals surface area contributed by atoms with Crippen LogP contribution in [-0.4, -0.2) is 13.7 Å². The number of hydrogen-bond donors (Lipinski definition) is 1. The predicted octanol–water partition coefficient (Wildman–Crippen LogP) is 3.35. The summed E-state index contributed by atoms with van der Waals surface area (Å²) in [7, 11) is 1.79. The SMILES string of the molecule is C#CCCCC(NC)c1ccccc1OC(F)F. The fraction of sp³-hybridized carbons (Fsp3) is 0.429. The molecular weight excluding hydrogens is 236 g/mol. The number of ether oxygens (including phenoxy) is 1. The molecule has 0 aromatic heterocycles. The van der Waals surface area contributed by atoms with E-state index in [0.717, 1.165) is 18.4 Å². The van der Waals surface area contributed by atoms with Gasteiger partial charge in [0.05, 0.1) is 0 Å². The van der Waals surface area contributed by atoms with E-state index in [-0.39, 0.29) is 11.8 Å². The number of unbranched alkanes of at least 4 members (excludes halogenated alkanes) is 1. The van der Waals surface area contributed by atoms with Gasteiger partial charge in [0.15, 0.2) is 0 Å². The Bertz CT molecular complexity index is 401. The molecule has 0 heterocycles. The number of hydrogen-bond acceptors (Lipinski definition) is 2. The molecule has 1 aromatic rings. The van der Waals surface area contributed by atoms with Crippen molar-refractivity contribution in [1.82, 2.24) is 5.32 Å². The molecule has 0 aliphatic heterocycles. The van der Waals surface area contributed by atoms with Crippen LogP contribution in [-0.2, 0) is 0 Å². The van der Waals surface area contributed by atoms with Crippen LogP contribution in [0, 0.1) is 12.3 Å². The van der Waals surface area contributed by atoms with E-state index in [9.17, 15) is 8.78 Å². The van der Waals surface area contributed by atoms with Crippen LogP contribution in [0.1, 0.15) is 30.9 Å². The standard InChI is InChI=1S/C14H17F2NO/c1-3-4-5-9-12(17-2)11-8-6-7-10-13(11)18-14(15)16/h1,6-8,10,12,14,17H,4-5,9H2,2H3. The lowest BCUT2D eigenvalue weighted by atomic mass is 10.0. The van der Waals surface area contributed by atoms with Gasteiger partial charge in [0.2, 0.25) is 0 Å². The molecular formula is C14H17F2NO. The molecule has 0 spiro atoms. The molecule has 1 N–H and O–H groups in total. The van der Waals surface area contributed by atoms with E-state index in [1.54, 1.807) is 31.3 Å². The summed E-state index contributed by atoms with van der Waals surface area (Å²) in [5.74, 6) is 2.78. The zero-order chi connectivity index (χ0) is 13.4. The molecule has 4 heteroatoms. The van der Waals surface area contributed by atoms with Crippen molar-refractivity contribution in [2.45, 2.75) is 31.9 Å². The normalized spacial score (nSPS) is 12.2. The third kappa shape index (κ3) is 4.34. The number of rotatable bonds is 7. The van der Waals surface area contributed by atoms with E-state index in [1.807, 2.05) is 0 Å². The number of terminal acetylenes is 1. The lowest BCUT2D eigenvalue weighted by Gasteiger charge is -2.19. The predicted molar refractivity (Wildman–Crippen MR) is 67.6 cm³/mol. The summed E-state index contributed by atoms with van der Waals surface area (Å²) in [6, 6.07) is 6.78. The van der Waals surface area contributed by atoms with Crippen LogP contribution in [0.2, 0.25) is 0 Å². The lowest BCUT2D eigenvalue weighted by molar-refractivity contribution is -0.0507. The minimum atomic E-state index is -2.81. The van der Waals surface area contributed by atoms with E-state index in [1.165, 1.54) is 0 Å². The molecule has 0 saturated carbocycles. The van der Waals surface area contributed by atoms with E-state index >= 15 is 0 Å². The largest absolute Gasteiger partial charge is 0.434 e. The van der Waals surface area contributed by atoms with Crippen LogP contribution >= 0.6 is 0 Å². The molecule has 1 atom stereocenters. The Morgan fingerprint density at radius 1 is 1.39 bits per heavy atom. The minimum absolute atomic E-state index is 0.0340. The van der Waals surface area contributed by atoms with Gasteiger partial charge in [-0.2, -0.15) is 8.78 Å². The van der Waals surface area contributed by atoms with Crippen molar-refractivity contribution in [2.24, 2.45) is 0 Å². The van der Waals surface area contributed by atoms with Gasteiger partial charge in [0.1, 0.15) is 5.75 Å². The summed E-state index contributed by atoms with van der Waals surface area (Å²) in [6.07, 6.45) is 7.49. The maximum Gasteiger partial charge on any atom is 0.387 e. The molecule has 2 nitrogen and oxygen atoms in total. The number of alkyl halides is 2. The monoisotopic (exact) mass is 253 g/mol. The van der Waals surface area contributed by atoms with Crippen molar-refractivity contribution >= 4 is 0 Å². The molecule has 1 rings (SSSR count). The van der Waals surface area contributed by atoms with Crippen molar-refractivity contribution in [3.05, 3.63) is 29.8 Å². The summed E-state index contributed by atoms with van der Waals surface area (Å²) >= 11 is 0. The van der Waals surface area contributed by atoms with Gasteiger partial charge in [-0.3, -0.25) is 0 Å². The Morgan fingerprint density at radius 2 is 2.11 bits per heavy atom. The summed E-state index contributed by atoms with van der Waals surface area (Å²) < 4.78 is 29.1. The van der Waals surface area contributed by atoms with E-state index in [2.05, 4.69) is 16.0 Å². The van der Waals surface area contributed by atoms with Gasteiger partial charge in [-0.15, -0.1) is 12.3 Å². The highest BCUT2D eigenvalue weighted by atomic mass is 19.3. The molecule has 98 valence electrons. The first-order valence-electron chi connectivity index (χ1n) is 5.83. The third-order valence-electron chi connectivity index (χ3n) is 2.67. The molecule has 0 aliphatic carbocycles. The Morgan fingerprint density at radius 3 is 2.72 bits per heavy atom. The summed E-state index contributed by atoms with van der Waals surface area (Å²) in [5, 5.41) is 3.10. The zero-order valence-corrected chi connectivity index (χ0v) is 10.3. The zero-order valence-electron chi connectivity index (χ0n) is 10.3. The first-order valence-corrected chi connectivity index (χ1v) is 5.83. The van der Waals surface area contributed by atoms with Crippen molar-refractivity contribution in [1.29, 1.82) is 0 Å². The molecule has 0 radical (unpaired) electrons. The quantitative estimate of drug-likeness (QED) is 0.594. The van der Waals surface area contributed by atoms with Crippen LogP contribution in [0.25, 0.3) is 0 Å². The van der Waals surface area contributed by atoms with Gasteiger partial charge in [0, 0.05) is 18.0 Å². The molecule has 0 aliphatic rings. The van der Waals surface area contributed by atoms with Gasteiger partial charge in [-0.25, -0.2) is 0 Å². The first kappa shape index (κ1) is 14.5. The van der Waals surface area contributed by atoms with Crippen molar-refractivity contribution < 1.29 is 13.5 Å². The van der Waals surface area contributed by atoms with Crippen LogP contribution < -0.4 is 10.1 Å². The smallest absolute Gasteiger partial charge is 0.387 e. The highest BCUT2D eigenvalue weighted by Gasteiger charge is 2.16. The Labute approximate surface area is 106 Å². The van der Waals surface area contributed by atoms with E-state index in [0.29, 0.717) is 6.42 Å². The number of benzene rings is 1. The van der Waals surface area contributed by atoms with Gasteiger partial charge >= 0.3 is 6.61 Å². The van der Waals surface area contributed by atoms with Crippen LogP contribution in [0.3, 0.4) is 0 Å². The highest BCUT2D eigenvalue weighted by Crippen LogP contribution is 2.29. The van der Waals surface area contributed by atoms with E-state index < -0.39 is 6.61 Å². The lowest BCUT2D eigenvalue weighted by Crippen LogP contribution is -2.18. The van der Waals surface area contributed by atoms with Crippen molar-refractivity contribution in [3.8, 4) is 18.1 Å². The Kier molecular flexibility index (Phi) is 6.16. The molecule has 0 bridgehead atoms. The average molecular weight is 253 g/mol. The molecule has 0 saturated heterocycles. The van der Waals surface area contributed by atoms with Crippen LogP contribution in [0.15, 0.2) is 24.3 Å². The number of nitrogens with one attached hydrogen (secondary N) is 1. The fourth-order valence-corrected chi connectivity index (χ4v) is 1.84. The van der Waals surface area contributed by atoms with Crippen LogP contribution in [0.4, 0.5) is 8.78 Å². The second-order valence-corrected chi connectivity index (χ2v) is 3.85. The maximum absolute atomic E-state index is 12.3. The van der Waals surface area contributed by atoms with E-state index in [4.69, 9.17) is 6.42 Å². The summed E-state index contributed by atoms with van der Waals surface area (Å²) in [5.41, 5.74) is 0.734. The number of halogens is 2. The Hall–Kier alpha value is -1.60. The van der Waals surface area contributed by atoms with Gasteiger partial charge in [-0.1, -0.05) is 18.2 Å². The average Bonchev–Trinajstić information content (AvgIpc) is 2.35.